The van der Waals surface area contributed by atoms with Crippen molar-refractivity contribution in [2.45, 2.75) is 84.0 Å². The fourth-order valence-corrected chi connectivity index (χ4v) is 1.80. The van der Waals surface area contributed by atoms with Crippen molar-refractivity contribution < 1.29 is 29.7 Å². The lowest BCUT2D eigenvalue weighted by atomic mass is 10.1. The number of rotatable bonds is 13. The Labute approximate surface area is 132 Å². The Hall–Kier alpha value is -1.59. The van der Waals surface area contributed by atoms with Gasteiger partial charge >= 0.3 is 17.9 Å². The van der Waals surface area contributed by atoms with E-state index in [2.05, 4.69) is 6.92 Å². The van der Waals surface area contributed by atoms with Crippen molar-refractivity contribution in [3.05, 3.63) is 0 Å². The first-order valence-corrected chi connectivity index (χ1v) is 8.05. The monoisotopic (exact) mass is 318 g/mol. The van der Waals surface area contributed by atoms with E-state index in [1.807, 2.05) is 0 Å². The second kappa shape index (κ2) is 17.5. The van der Waals surface area contributed by atoms with Gasteiger partial charge < -0.3 is 15.3 Å². The molecule has 0 aliphatic rings. The molecule has 0 heterocycles. The molecule has 130 valence electrons. The Balaban J connectivity index is 0. The molecule has 0 aromatic heterocycles. The average molecular weight is 318 g/mol. The SMILES string of the molecule is CCCCCCCCCCCC(=O)O.O=C(O)CCC(=O)O. The summed E-state index contributed by atoms with van der Waals surface area (Å²) in [5, 5.41) is 24.2. The highest BCUT2D eigenvalue weighted by atomic mass is 16.4. The van der Waals surface area contributed by atoms with E-state index in [0.29, 0.717) is 6.42 Å². The number of carbonyl (C=O) groups is 3. The first kappa shape index (κ1) is 22.7. The molecule has 22 heavy (non-hydrogen) atoms. The van der Waals surface area contributed by atoms with Crippen molar-refractivity contribution in [2.75, 3.05) is 0 Å². The fraction of sp³-hybridized carbons (Fsp3) is 0.812. The Morgan fingerprint density at radius 2 is 0.864 bits per heavy atom. The Kier molecular flexibility index (Phi) is 18.0. The molecule has 6 heteroatoms. The van der Waals surface area contributed by atoms with E-state index in [1.165, 1.54) is 44.9 Å². The minimum absolute atomic E-state index is 0.296. The van der Waals surface area contributed by atoms with E-state index in [0.717, 1.165) is 12.8 Å². The van der Waals surface area contributed by atoms with E-state index < -0.39 is 17.9 Å². The summed E-state index contributed by atoms with van der Waals surface area (Å²) in [4.78, 5) is 29.5. The van der Waals surface area contributed by atoms with Gasteiger partial charge in [-0.05, 0) is 6.42 Å². The van der Waals surface area contributed by atoms with Crippen molar-refractivity contribution in [2.24, 2.45) is 0 Å². The smallest absolute Gasteiger partial charge is 0.303 e. The number of carboxylic acid groups (broad SMARTS) is 3. The largest absolute Gasteiger partial charge is 0.481 e. The molecule has 3 N–H and O–H groups in total. The summed E-state index contributed by atoms with van der Waals surface area (Å²) < 4.78 is 0. The van der Waals surface area contributed by atoms with Crippen LogP contribution < -0.4 is 0 Å². The van der Waals surface area contributed by atoms with Crippen LogP contribution in [0, 0.1) is 0 Å². The average Bonchev–Trinajstić information content (AvgIpc) is 2.44. The highest BCUT2D eigenvalue weighted by Gasteiger charge is 2.00. The summed E-state index contributed by atoms with van der Waals surface area (Å²) in [5.41, 5.74) is 0. The molecule has 6 nitrogen and oxygen atoms in total. The fourth-order valence-electron chi connectivity index (χ4n) is 1.80. The summed E-state index contributed by atoms with van der Waals surface area (Å²) in [7, 11) is 0. The molecule has 0 rings (SSSR count). The van der Waals surface area contributed by atoms with Gasteiger partial charge in [-0.1, -0.05) is 58.3 Å². The maximum Gasteiger partial charge on any atom is 0.303 e. The molecule has 0 atom stereocenters. The molecule has 0 aliphatic carbocycles. The molecule has 0 bridgehead atoms. The zero-order chi connectivity index (χ0) is 17.2. The lowest BCUT2D eigenvalue weighted by Crippen LogP contribution is -2.00. The zero-order valence-electron chi connectivity index (χ0n) is 13.6. The van der Waals surface area contributed by atoms with Gasteiger partial charge in [0.05, 0.1) is 12.8 Å². The highest BCUT2D eigenvalue weighted by molar-refractivity contribution is 5.75. The van der Waals surface area contributed by atoms with Crippen LogP contribution in [0.2, 0.25) is 0 Å². The van der Waals surface area contributed by atoms with Crippen molar-refractivity contribution in [1.29, 1.82) is 0 Å². The molecule has 0 aromatic carbocycles. The first-order valence-electron chi connectivity index (χ1n) is 8.05. The van der Waals surface area contributed by atoms with E-state index in [9.17, 15) is 14.4 Å². The predicted molar refractivity (Wildman–Crippen MR) is 84.0 cm³/mol. The quantitative estimate of drug-likeness (QED) is 0.444. The van der Waals surface area contributed by atoms with Crippen molar-refractivity contribution in [1.82, 2.24) is 0 Å². The van der Waals surface area contributed by atoms with Crippen LogP contribution in [0.25, 0.3) is 0 Å². The molecule has 0 aliphatic heterocycles. The van der Waals surface area contributed by atoms with Gasteiger partial charge in [0.15, 0.2) is 0 Å². The molecule has 0 spiro atoms. The molecule has 0 unspecified atom stereocenters. The molecule has 0 saturated heterocycles. The van der Waals surface area contributed by atoms with Crippen LogP contribution in [0.4, 0.5) is 0 Å². The highest BCUT2D eigenvalue weighted by Crippen LogP contribution is 2.10. The van der Waals surface area contributed by atoms with Crippen molar-refractivity contribution in [3.8, 4) is 0 Å². The van der Waals surface area contributed by atoms with E-state index in [1.54, 1.807) is 0 Å². The second-order valence-corrected chi connectivity index (χ2v) is 5.26. The molecule has 0 aromatic rings. The predicted octanol–water partition coefficient (Wildman–Crippen LogP) is 3.93. The van der Waals surface area contributed by atoms with Gasteiger partial charge in [-0.25, -0.2) is 0 Å². The van der Waals surface area contributed by atoms with Crippen molar-refractivity contribution in [3.63, 3.8) is 0 Å². The van der Waals surface area contributed by atoms with Crippen LogP contribution in [0.3, 0.4) is 0 Å². The molecule has 0 saturated carbocycles. The molecular formula is C16H30O6. The van der Waals surface area contributed by atoms with Crippen LogP contribution in [0.5, 0.6) is 0 Å². The number of carboxylic acids is 3. The van der Waals surface area contributed by atoms with Gasteiger partial charge in [-0.3, -0.25) is 14.4 Å². The lowest BCUT2D eigenvalue weighted by molar-refractivity contribution is -0.143. The van der Waals surface area contributed by atoms with Crippen LogP contribution in [0.1, 0.15) is 84.0 Å². The third-order valence-electron chi connectivity index (χ3n) is 3.05. The molecule has 0 radical (unpaired) electrons. The minimum Gasteiger partial charge on any atom is -0.481 e. The van der Waals surface area contributed by atoms with Crippen LogP contribution in [-0.4, -0.2) is 33.2 Å². The summed E-state index contributed by atoms with van der Waals surface area (Å²) >= 11 is 0. The van der Waals surface area contributed by atoms with Gasteiger partial charge in [0.1, 0.15) is 0 Å². The standard InChI is InChI=1S/C12H24O2.C4H6O4/c1-2-3-4-5-6-7-8-9-10-11-12(13)14;5-3(6)1-2-4(7)8/h2-11H2,1H3,(H,13,14);1-2H2,(H,5,6)(H,7,8). The maximum absolute atomic E-state index is 10.2. The van der Waals surface area contributed by atoms with Crippen LogP contribution in [0.15, 0.2) is 0 Å². The Morgan fingerprint density at radius 1 is 0.545 bits per heavy atom. The van der Waals surface area contributed by atoms with E-state index in [-0.39, 0.29) is 12.8 Å². The summed E-state index contributed by atoms with van der Waals surface area (Å²) in [6.07, 6.45) is 10.9. The van der Waals surface area contributed by atoms with Crippen LogP contribution >= 0.6 is 0 Å². The lowest BCUT2D eigenvalue weighted by Gasteiger charge is -2.00. The third kappa shape index (κ3) is 26.9. The molecule has 0 amide bonds. The number of hydrogen-bond donors (Lipinski definition) is 3. The van der Waals surface area contributed by atoms with E-state index in [4.69, 9.17) is 15.3 Å². The summed E-state index contributed by atoms with van der Waals surface area (Å²) in [6, 6.07) is 0. The minimum atomic E-state index is -1.08. The summed E-state index contributed by atoms with van der Waals surface area (Å²) in [6.45, 7) is 2.23. The molecule has 0 fully saturated rings. The first-order chi connectivity index (χ1) is 10.4. The third-order valence-corrected chi connectivity index (χ3v) is 3.05. The van der Waals surface area contributed by atoms with Gasteiger partial charge in [0, 0.05) is 6.42 Å². The molecular weight excluding hydrogens is 288 g/mol. The van der Waals surface area contributed by atoms with Crippen LogP contribution in [-0.2, 0) is 14.4 Å². The van der Waals surface area contributed by atoms with Gasteiger partial charge in [-0.2, -0.15) is 0 Å². The number of aliphatic carboxylic acids is 3. The summed E-state index contributed by atoms with van der Waals surface area (Å²) in [5.74, 6) is -2.81. The Morgan fingerprint density at radius 3 is 1.18 bits per heavy atom. The zero-order valence-corrected chi connectivity index (χ0v) is 13.6. The topological polar surface area (TPSA) is 112 Å². The van der Waals surface area contributed by atoms with Gasteiger partial charge in [0.25, 0.3) is 0 Å². The normalized spacial score (nSPS) is 9.68. The number of hydrogen-bond acceptors (Lipinski definition) is 3. The maximum atomic E-state index is 10.2. The second-order valence-electron chi connectivity index (χ2n) is 5.26. The van der Waals surface area contributed by atoms with E-state index >= 15 is 0 Å². The van der Waals surface area contributed by atoms with Gasteiger partial charge in [0.2, 0.25) is 0 Å². The Bertz CT molecular complexity index is 287. The van der Waals surface area contributed by atoms with Gasteiger partial charge in [-0.15, -0.1) is 0 Å². The van der Waals surface area contributed by atoms with Crippen molar-refractivity contribution >= 4 is 17.9 Å². The number of unbranched alkanes of at least 4 members (excludes halogenated alkanes) is 8.